The first-order valence-corrected chi connectivity index (χ1v) is 5.83. The van der Waals surface area contributed by atoms with Crippen LogP contribution in [0.15, 0.2) is 11.7 Å². The lowest BCUT2D eigenvalue weighted by molar-refractivity contribution is 0.683. The highest BCUT2D eigenvalue weighted by Gasteiger charge is 2.13. The minimum absolute atomic E-state index is 0.824. The van der Waals surface area contributed by atoms with Crippen LogP contribution in [-0.4, -0.2) is 14.8 Å². The molecule has 4 nitrogen and oxygen atoms in total. The van der Waals surface area contributed by atoms with Gasteiger partial charge in [-0.25, -0.2) is 0 Å². The zero-order valence-corrected chi connectivity index (χ0v) is 9.71. The number of anilines is 1. The standard InChI is InChI=1S/C10H14N4S/c1-3-4-14-6-12-13-10(14)9-8(11)7(2)5-15-9/h5-6H,3-4,11H2,1-2H3. The molecule has 80 valence electrons. The summed E-state index contributed by atoms with van der Waals surface area (Å²) in [5.74, 6) is 0.882. The van der Waals surface area contributed by atoms with Crippen LogP contribution in [0.2, 0.25) is 0 Å². The van der Waals surface area contributed by atoms with Gasteiger partial charge in [-0.1, -0.05) is 6.92 Å². The molecule has 0 spiro atoms. The minimum atomic E-state index is 0.824. The summed E-state index contributed by atoms with van der Waals surface area (Å²) in [6, 6.07) is 0. The van der Waals surface area contributed by atoms with Gasteiger partial charge in [0.05, 0.1) is 10.6 Å². The first-order valence-electron chi connectivity index (χ1n) is 4.95. The first kappa shape index (κ1) is 10.2. The number of hydrogen-bond donors (Lipinski definition) is 1. The summed E-state index contributed by atoms with van der Waals surface area (Å²) in [6.45, 7) is 5.07. The van der Waals surface area contributed by atoms with E-state index in [1.54, 1.807) is 17.7 Å². The zero-order valence-electron chi connectivity index (χ0n) is 8.90. The van der Waals surface area contributed by atoms with Gasteiger partial charge in [0, 0.05) is 6.54 Å². The second kappa shape index (κ2) is 4.02. The van der Waals surface area contributed by atoms with Crippen molar-refractivity contribution >= 4 is 17.0 Å². The summed E-state index contributed by atoms with van der Waals surface area (Å²) in [7, 11) is 0. The number of aromatic nitrogens is 3. The average molecular weight is 222 g/mol. The molecule has 0 aliphatic heterocycles. The predicted octanol–water partition coefficient (Wildman–Crippen LogP) is 2.31. The van der Waals surface area contributed by atoms with Gasteiger partial charge in [-0.15, -0.1) is 21.5 Å². The van der Waals surface area contributed by atoms with E-state index in [4.69, 9.17) is 5.73 Å². The molecule has 5 heteroatoms. The van der Waals surface area contributed by atoms with Crippen molar-refractivity contribution in [2.24, 2.45) is 0 Å². The van der Waals surface area contributed by atoms with Crippen LogP contribution in [0.5, 0.6) is 0 Å². The Morgan fingerprint density at radius 1 is 1.53 bits per heavy atom. The fourth-order valence-corrected chi connectivity index (χ4v) is 2.43. The lowest BCUT2D eigenvalue weighted by atomic mass is 10.3. The molecule has 0 bridgehead atoms. The van der Waals surface area contributed by atoms with Crippen LogP contribution < -0.4 is 5.73 Å². The molecule has 2 N–H and O–H groups in total. The molecule has 15 heavy (non-hydrogen) atoms. The summed E-state index contributed by atoms with van der Waals surface area (Å²) >= 11 is 1.63. The maximum Gasteiger partial charge on any atom is 0.175 e. The molecular weight excluding hydrogens is 208 g/mol. The summed E-state index contributed by atoms with van der Waals surface area (Å²) in [4.78, 5) is 1.03. The lowest BCUT2D eigenvalue weighted by Crippen LogP contribution is -1.99. The molecule has 0 radical (unpaired) electrons. The van der Waals surface area contributed by atoms with Gasteiger partial charge in [0.15, 0.2) is 5.82 Å². The molecule has 2 heterocycles. The Balaban J connectivity index is 2.44. The van der Waals surface area contributed by atoms with Gasteiger partial charge in [0.25, 0.3) is 0 Å². The molecule has 0 amide bonds. The van der Waals surface area contributed by atoms with Crippen LogP contribution in [0.25, 0.3) is 10.7 Å². The Labute approximate surface area is 92.8 Å². The molecule has 0 unspecified atom stereocenters. The maximum absolute atomic E-state index is 5.99. The molecule has 0 aromatic carbocycles. The second-order valence-electron chi connectivity index (χ2n) is 3.51. The highest BCUT2D eigenvalue weighted by atomic mass is 32.1. The maximum atomic E-state index is 5.99. The van der Waals surface area contributed by atoms with Gasteiger partial charge in [0.1, 0.15) is 6.33 Å². The number of nitrogens with two attached hydrogens (primary N) is 1. The summed E-state index contributed by atoms with van der Waals surface area (Å²) in [5.41, 5.74) is 7.92. The summed E-state index contributed by atoms with van der Waals surface area (Å²) in [6.07, 6.45) is 2.82. The molecule has 0 aliphatic carbocycles. The monoisotopic (exact) mass is 222 g/mol. The fourth-order valence-electron chi connectivity index (χ4n) is 1.46. The van der Waals surface area contributed by atoms with Gasteiger partial charge in [0.2, 0.25) is 0 Å². The second-order valence-corrected chi connectivity index (χ2v) is 4.39. The number of rotatable bonds is 3. The van der Waals surface area contributed by atoms with Crippen molar-refractivity contribution in [1.82, 2.24) is 14.8 Å². The van der Waals surface area contributed by atoms with Crippen molar-refractivity contribution in [2.45, 2.75) is 26.8 Å². The Morgan fingerprint density at radius 3 is 2.93 bits per heavy atom. The Morgan fingerprint density at radius 2 is 2.33 bits per heavy atom. The lowest BCUT2D eigenvalue weighted by Gasteiger charge is -2.03. The average Bonchev–Trinajstić information content (AvgIpc) is 2.77. The molecular formula is C10H14N4S. The molecule has 0 saturated carbocycles. The third kappa shape index (κ3) is 1.74. The van der Waals surface area contributed by atoms with Crippen molar-refractivity contribution in [3.8, 4) is 10.7 Å². The fraction of sp³-hybridized carbons (Fsp3) is 0.400. The Kier molecular flexibility index (Phi) is 2.73. The van der Waals surface area contributed by atoms with Crippen LogP contribution in [0, 0.1) is 6.92 Å². The van der Waals surface area contributed by atoms with E-state index in [1.807, 2.05) is 11.5 Å². The van der Waals surface area contributed by atoms with Crippen LogP contribution in [0.3, 0.4) is 0 Å². The van der Waals surface area contributed by atoms with E-state index >= 15 is 0 Å². The van der Waals surface area contributed by atoms with E-state index in [9.17, 15) is 0 Å². The van der Waals surface area contributed by atoms with E-state index < -0.39 is 0 Å². The molecule has 2 rings (SSSR count). The van der Waals surface area contributed by atoms with E-state index in [0.717, 1.165) is 34.9 Å². The first-order chi connectivity index (χ1) is 7.24. The zero-order chi connectivity index (χ0) is 10.8. The van der Waals surface area contributed by atoms with Crippen LogP contribution in [0.1, 0.15) is 18.9 Å². The molecule has 0 aliphatic rings. The minimum Gasteiger partial charge on any atom is -0.397 e. The van der Waals surface area contributed by atoms with E-state index in [1.165, 1.54) is 0 Å². The largest absolute Gasteiger partial charge is 0.397 e. The molecule has 2 aromatic heterocycles. The van der Waals surface area contributed by atoms with Gasteiger partial charge in [-0.3, -0.25) is 0 Å². The van der Waals surface area contributed by atoms with Crippen LogP contribution >= 0.6 is 11.3 Å². The van der Waals surface area contributed by atoms with Crippen molar-refractivity contribution in [3.63, 3.8) is 0 Å². The van der Waals surface area contributed by atoms with E-state index in [-0.39, 0.29) is 0 Å². The highest BCUT2D eigenvalue weighted by Crippen LogP contribution is 2.33. The molecule has 2 aromatic rings. The molecule has 0 fully saturated rings. The number of thiophene rings is 1. The van der Waals surface area contributed by atoms with Crippen molar-refractivity contribution < 1.29 is 0 Å². The SMILES string of the molecule is CCCn1cnnc1-c1scc(C)c1N. The molecule has 0 atom stereocenters. The van der Waals surface area contributed by atoms with Crippen molar-refractivity contribution in [3.05, 3.63) is 17.3 Å². The number of nitrogen functional groups attached to an aromatic ring is 1. The summed E-state index contributed by atoms with van der Waals surface area (Å²) < 4.78 is 2.04. The smallest absolute Gasteiger partial charge is 0.175 e. The number of hydrogen-bond acceptors (Lipinski definition) is 4. The molecule has 0 saturated heterocycles. The van der Waals surface area contributed by atoms with Crippen molar-refractivity contribution in [1.29, 1.82) is 0 Å². The normalized spacial score (nSPS) is 10.8. The van der Waals surface area contributed by atoms with E-state index in [2.05, 4.69) is 22.5 Å². The van der Waals surface area contributed by atoms with Gasteiger partial charge in [-0.2, -0.15) is 0 Å². The Hall–Kier alpha value is -1.36. The highest BCUT2D eigenvalue weighted by molar-refractivity contribution is 7.14. The van der Waals surface area contributed by atoms with Crippen LogP contribution in [0.4, 0.5) is 5.69 Å². The predicted molar refractivity (Wildman–Crippen MR) is 62.8 cm³/mol. The Bertz CT molecular complexity index is 458. The summed E-state index contributed by atoms with van der Waals surface area (Å²) in [5, 5.41) is 10.1. The topological polar surface area (TPSA) is 56.7 Å². The van der Waals surface area contributed by atoms with Gasteiger partial charge < -0.3 is 10.3 Å². The number of nitrogens with zero attached hydrogens (tertiary/aromatic N) is 3. The van der Waals surface area contributed by atoms with Gasteiger partial charge in [-0.05, 0) is 24.3 Å². The van der Waals surface area contributed by atoms with Gasteiger partial charge >= 0.3 is 0 Å². The van der Waals surface area contributed by atoms with E-state index in [0.29, 0.717) is 0 Å². The third-order valence-corrected chi connectivity index (χ3v) is 3.42. The van der Waals surface area contributed by atoms with Crippen LogP contribution in [-0.2, 0) is 6.54 Å². The number of aryl methyl sites for hydroxylation is 2. The third-order valence-electron chi connectivity index (χ3n) is 2.31. The quantitative estimate of drug-likeness (QED) is 0.867. The van der Waals surface area contributed by atoms with Crippen molar-refractivity contribution in [2.75, 3.05) is 5.73 Å².